The lowest BCUT2D eigenvalue weighted by atomic mass is 9.83. The van der Waals surface area contributed by atoms with Gasteiger partial charge in [0.25, 0.3) is 0 Å². The first-order chi connectivity index (χ1) is 6.29. The van der Waals surface area contributed by atoms with Crippen molar-refractivity contribution in [3.05, 3.63) is 0 Å². The van der Waals surface area contributed by atoms with E-state index in [0.717, 1.165) is 6.54 Å². The summed E-state index contributed by atoms with van der Waals surface area (Å²) < 4.78 is 0. The van der Waals surface area contributed by atoms with E-state index in [9.17, 15) is 0 Å². The van der Waals surface area contributed by atoms with Crippen LogP contribution in [0, 0.1) is 0 Å². The third-order valence-electron chi connectivity index (χ3n) is 2.95. The van der Waals surface area contributed by atoms with Gasteiger partial charge in [0.1, 0.15) is 0 Å². The van der Waals surface area contributed by atoms with Gasteiger partial charge in [-0.2, -0.15) is 0 Å². The molecule has 0 aromatic rings. The maximum atomic E-state index is 4.44. The Morgan fingerprint density at radius 2 is 2.08 bits per heavy atom. The standard InChI is InChI=1S/C10H18N2S/c1-10(5-3-2-4-6-10)12-9-11-7-8-13-9/h2-8H2,1H3,(H,11,12). The van der Waals surface area contributed by atoms with Gasteiger partial charge in [0, 0.05) is 11.3 Å². The zero-order valence-corrected chi connectivity index (χ0v) is 9.12. The highest BCUT2D eigenvalue weighted by Gasteiger charge is 2.28. The summed E-state index contributed by atoms with van der Waals surface area (Å²) in [6, 6.07) is 0. The zero-order chi connectivity index (χ0) is 9.15. The van der Waals surface area contributed by atoms with E-state index in [1.807, 2.05) is 11.8 Å². The Kier molecular flexibility index (Phi) is 2.82. The molecule has 1 aliphatic heterocycles. The van der Waals surface area contributed by atoms with Crippen molar-refractivity contribution in [2.24, 2.45) is 4.99 Å². The lowest BCUT2D eigenvalue weighted by Crippen LogP contribution is -2.45. The predicted molar refractivity (Wildman–Crippen MR) is 59.4 cm³/mol. The Morgan fingerprint density at radius 1 is 1.31 bits per heavy atom. The van der Waals surface area contributed by atoms with E-state index in [1.54, 1.807) is 0 Å². The second kappa shape index (κ2) is 3.91. The first-order valence-electron chi connectivity index (χ1n) is 5.24. The van der Waals surface area contributed by atoms with Gasteiger partial charge in [0.05, 0.1) is 6.54 Å². The summed E-state index contributed by atoms with van der Waals surface area (Å²) in [6.45, 7) is 3.34. The van der Waals surface area contributed by atoms with Crippen LogP contribution in [0.3, 0.4) is 0 Å². The van der Waals surface area contributed by atoms with Crippen LogP contribution < -0.4 is 5.32 Å². The van der Waals surface area contributed by atoms with E-state index in [2.05, 4.69) is 17.2 Å². The van der Waals surface area contributed by atoms with E-state index in [4.69, 9.17) is 0 Å². The molecule has 0 aromatic carbocycles. The fourth-order valence-corrected chi connectivity index (χ4v) is 3.00. The molecule has 0 spiro atoms. The van der Waals surface area contributed by atoms with Crippen molar-refractivity contribution in [2.75, 3.05) is 12.3 Å². The van der Waals surface area contributed by atoms with Gasteiger partial charge in [0.2, 0.25) is 0 Å². The highest BCUT2D eigenvalue weighted by atomic mass is 32.2. The van der Waals surface area contributed by atoms with Crippen LogP contribution in [0.15, 0.2) is 4.99 Å². The van der Waals surface area contributed by atoms with Gasteiger partial charge in [-0.1, -0.05) is 31.0 Å². The van der Waals surface area contributed by atoms with E-state index in [1.165, 1.54) is 43.0 Å². The number of hydrogen-bond donors (Lipinski definition) is 1. The Hall–Kier alpha value is -0.180. The summed E-state index contributed by atoms with van der Waals surface area (Å²) in [5.41, 5.74) is 0.342. The van der Waals surface area contributed by atoms with Gasteiger partial charge in [0.15, 0.2) is 5.17 Å². The number of nitrogens with zero attached hydrogens (tertiary/aromatic N) is 1. The molecule has 0 saturated heterocycles. The number of aliphatic imine (C=N–C) groups is 1. The van der Waals surface area contributed by atoms with Gasteiger partial charge in [-0.25, -0.2) is 0 Å². The van der Waals surface area contributed by atoms with Crippen LogP contribution in [0.1, 0.15) is 39.0 Å². The molecule has 13 heavy (non-hydrogen) atoms. The molecule has 0 amide bonds. The topological polar surface area (TPSA) is 24.4 Å². The van der Waals surface area contributed by atoms with Crippen molar-refractivity contribution in [3.63, 3.8) is 0 Å². The van der Waals surface area contributed by atoms with Crippen molar-refractivity contribution in [1.82, 2.24) is 5.32 Å². The number of hydrogen-bond acceptors (Lipinski definition) is 3. The molecule has 1 fully saturated rings. The third kappa shape index (κ3) is 2.39. The molecule has 0 atom stereocenters. The van der Waals surface area contributed by atoms with Crippen molar-refractivity contribution >= 4 is 16.9 Å². The maximum Gasteiger partial charge on any atom is 0.157 e. The van der Waals surface area contributed by atoms with Crippen molar-refractivity contribution in [2.45, 2.75) is 44.6 Å². The highest BCUT2D eigenvalue weighted by molar-refractivity contribution is 8.14. The van der Waals surface area contributed by atoms with Crippen molar-refractivity contribution in [3.8, 4) is 0 Å². The molecule has 2 aliphatic rings. The van der Waals surface area contributed by atoms with Crippen LogP contribution in [0.2, 0.25) is 0 Å². The lowest BCUT2D eigenvalue weighted by Gasteiger charge is -2.35. The van der Waals surface area contributed by atoms with E-state index in [0.29, 0.717) is 5.54 Å². The van der Waals surface area contributed by atoms with Crippen LogP contribution in [0.5, 0.6) is 0 Å². The number of rotatable bonds is 1. The largest absolute Gasteiger partial charge is 0.360 e. The van der Waals surface area contributed by atoms with Gasteiger partial charge in [-0.3, -0.25) is 4.99 Å². The Labute approximate surface area is 84.6 Å². The molecule has 0 unspecified atom stereocenters. The first-order valence-corrected chi connectivity index (χ1v) is 6.23. The van der Waals surface area contributed by atoms with E-state index >= 15 is 0 Å². The Bertz CT molecular complexity index is 207. The maximum absolute atomic E-state index is 4.44. The lowest BCUT2D eigenvalue weighted by molar-refractivity contribution is 0.292. The zero-order valence-electron chi connectivity index (χ0n) is 8.31. The number of nitrogens with one attached hydrogen (secondary N) is 1. The molecule has 3 heteroatoms. The van der Waals surface area contributed by atoms with Crippen LogP contribution >= 0.6 is 11.8 Å². The molecule has 1 aliphatic carbocycles. The van der Waals surface area contributed by atoms with Crippen LogP contribution in [0.4, 0.5) is 0 Å². The smallest absolute Gasteiger partial charge is 0.157 e. The average molecular weight is 198 g/mol. The summed E-state index contributed by atoms with van der Waals surface area (Å²) >= 11 is 1.87. The predicted octanol–water partition coefficient (Wildman–Crippen LogP) is 2.40. The van der Waals surface area contributed by atoms with Crippen molar-refractivity contribution < 1.29 is 0 Å². The molecule has 1 saturated carbocycles. The first kappa shape index (κ1) is 9.38. The summed E-state index contributed by atoms with van der Waals surface area (Å²) in [6.07, 6.45) is 6.79. The summed E-state index contributed by atoms with van der Waals surface area (Å²) in [5.74, 6) is 1.17. The molecule has 1 heterocycles. The molecule has 2 nitrogen and oxygen atoms in total. The second-order valence-electron chi connectivity index (χ2n) is 4.28. The minimum absolute atomic E-state index is 0.342. The fraction of sp³-hybridized carbons (Fsp3) is 0.900. The number of amidine groups is 1. The molecule has 74 valence electrons. The second-order valence-corrected chi connectivity index (χ2v) is 5.37. The van der Waals surface area contributed by atoms with Crippen molar-refractivity contribution in [1.29, 1.82) is 0 Å². The Morgan fingerprint density at radius 3 is 2.69 bits per heavy atom. The van der Waals surface area contributed by atoms with Crippen LogP contribution in [-0.4, -0.2) is 23.0 Å². The summed E-state index contributed by atoms with van der Waals surface area (Å²) in [5, 5.41) is 4.79. The fourth-order valence-electron chi connectivity index (χ4n) is 2.13. The number of thioether (sulfide) groups is 1. The molecule has 0 radical (unpaired) electrons. The molecule has 0 aromatic heterocycles. The monoisotopic (exact) mass is 198 g/mol. The van der Waals surface area contributed by atoms with Crippen LogP contribution in [-0.2, 0) is 0 Å². The Balaban J connectivity index is 1.90. The minimum atomic E-state index is 0.342. The quantitative estimate of drug-likeness (QED) is 0.699. The molecule has 1 N–H and O–H groups in total. The third-order valence-corrected chi connectivity index (χ3v) is 3.84. The van der Waals surface area contributed by atoms with E-state index in [-0.39, 0.29) is 0 Å². The molecular formula is C10H18N2S. The van der Waals surface area contributed by atoms with Gasteiger partial charge in [-0.15, -0.1) is 0 Å². The summed E-state index contributed by atoms with van der Waals surface area (Å²) in [4.78, 5) is 4.44. The van der Waals surface area contributed by atoms with Gasteiger partial charge in [-0.05, 0) is 19.8 Å². The normalized spacial score (nSPS) is 27.0. The van der Waals surface area contributed by atoms with Gasteiger partial charge < -0.3 is 5.32 Å². The summed E-state index contributed by atoms with van der Waals surface area (Å²) in [7, 11) is 0. The molecule has 0 bridgehead atoms. The minimum Gasteiger partial charge on any atom is -0.360 e. The van der Waals surface area contributed by atoms with E-state index < -0.39 is 0 Å². The molecular weight excluding hydrogens is 180 g/mol. The van der Waals surface area contributed by atoms with Gasteiger partial charge >= 0.3 is 0 Å². The van der Waals surface area contributed by atoms with Crippen LogP contribution in [0.25, 0.3) is 0 Å². The SMILES string of the molecule is CC1(NC2=NCCS2)CCCCC1. The molecule has 2 rings (SSSR count). The average Bonchev–Trinajstić information content (AvgIpc) is 2.57. The highest BCUT2D eigenvalue weighted by Crippen LogP contribution is 2.28.